The standard InChI is InChI=1S/C38H4F18N8/c39-33(40,41)21-2-1-13(5-57)28(34(42,43)44)22(21)18(10-62)23-24(19(11-63)26-29(35(45,46)47)14(6-58)3-15(7-59)30(26)36(48,49)50)25(23)20(12-64)27-31(37(51,52)53)16(8-60)4-17(9-61)32(27)38(54,55)56/h1-4H/b23-18-,24-19?,25-20-. The molecule has 0 aromatic heterocycles. The van der Waals surface area contributed by atoms with E-state index in [4.69, 9.17) is 0 Å². The van der Waals surface area contributed by atoms with Gasteiger partial charge in [0.15, 0.2) is 0 Å². The van der Waals surface area contributed by atoms with E-state index in [1.165, 1.54) is 0 Å². The van der Waals surface area contributed by atoms with E-state index in [1.807, 2.05) is 0 Å². The molecule has 0 unspecified atom stereocenters. The Morgan fingerprint density at radius 3 is 0.750 bits per heavy atom. The second-order valence-electron chi connectivity index (χ2n) is 12.2. The Morgan fingerprint density at radius 1 is 0.312 bits per heavy atom. The number of nitriles is 8. The molecule has 0 bridgehead atoms. The Hall–Kier alpha value is -8.46. The highest BCUT2D eigenvalue weighted by atomic mass is 19.4. The molecule has 0 amide bonds. The van der Waals surface area contributed by atoms with Crippen molar-refractivity contribution in [1.29, 1.82) is 42.1 Å². The van der Waals surface area contributed by atoms with E-state index in [2.05, 4.69) is 0 Å². The zero-order valence-corrected chi connectivity index (χ0v) is 29.7. The van der Waals surface area contributed by atoms with Crippen molar-refractivity contribution in [2.24, 2.45) is 0 Å². The molecule has 1 saturated carbocycles. The molecule has 1 fully saturated rings. The van der Waals surface area contributed by atoms with Crippen LogP contribution in [-0.4, -0.2) is 0 Å². The molecule has 0 heterocycles. The number of alkyl halides is 18. The molecule has 0 saturated heterocycles. The Kier molecular flexibility index (Phi) is 11.9. The predicted molar refractivity (Wildman–Crippen MR) is 171 cm³/mol. The van der Waals surface area contributed by atoms with Crippen molar-refractivity contribution in [1.82, 2.24) is 0 Å². The van der Waals surface area contributed by atoms with E-state index in [9.17, 15) is 121 Å². The van der Waals surface area contributed by atoms with Gasteiger partial charge in [-0.05, 0) is 24.3 Å². The molecule has 3 aromatic carbocycles. The normalized spacial score (nSPS) is 15.5. The molecule has 0 N–H and O–H groups in total. The Labute approximate surface area is 342 Å². The second kappa shape index (κ2) is 15.8. The minimum absolute atomic E-state index is 0.166. The number of hydrogen-bond donors (Lipinski definition) is 0. The number of hydrogen-bond acceptors (Lipinski definition) is 8. The number of nitrogens with zero attached hydrogens (tertiary/aromatic N) is 8. The summed E-state index contributed by atoms with van der Waals surface area (Å²) in [4.78, 5) is 0. The summed E-state index contributed by atoms with van der Waals surface area (Å²) in [6, 6.07) is 4.24. The van der Waals surface area contributed by atoms with Gasteiger partial charge in [-0.2, -0.15) is 121 Å². The molecule has 64 heavy (non-hydrogen) atoms. The van der Waals surface area contributed by atoms with E-state index in [1.54, 1.807) is 0 Å². The smallest absolute Gasteiger partial charge is 0.192 e. The van der Waals surface area contributed by atoms with Crippen molar-refractivity contribution >= 4 is 16.7 Å². The van der Waals surface area contributed by atoms with Crippen LogP contribution in [0.2, 0.25) is 0 Å². The monoisotopic (exact) mass is 914 g/mol. The molecule has 1 aliphatic rings. The maximum absolute atomic E-state index is 14.8. The van der Waals surface area contributed by atoms with Gasteiger partial charge in [-0.25, -0.2) is 0 Å². The minimum Gasteiger partial charge on any atom is -0.192 e. The third kappa shape index (κ3) is 8.16. The van der Waals surface area contributed by atoms with Gasteiger partial charge in [0.05, 0.1) is 108 Å². The van der Waals surface area contributed by atoms with E-state index >= 15 is 0 Å². The van der Waals surface area contributed by atoms with Crippen LogP contribution in [-0.2, 0) is 37.1 Å². The van der Waals surface area contributed by atoms with Crippen molar-refractivity contribution < 1.29 is 79.0 Å². The van der Waals surface area contributed by atoms with E-state index in [-0.39, 0.29) is 24.3 Å². The van der Waals surface area contributed by atoms with Gasteiger partial charge in [-0.1, -0.05) is 0 Å². The molecular formula is C38H4F18N8. The summed E-state index contributed by atoms with van der Waals surface area (Å²) >= 11 is 0. The highest BCUT2D eigenvalue weighted by molar-refractivity contribution is 6.13. The topological polar surface area (TPSA) is 190 Å². The Bertz CT molecular complexity index is 2790. The number of rotatable bonds is 3. The maximum atomic E-state index is 14.8. The fourth-order valence-corrected chi connectivity index (χ4v) is 6.53. The Morgan fingerprint density at radius 2 is 0.547 bits per heavy atom. The molecular weight excluding hydrogens is 910 g/mol. The molecule has 3 aromatic rings. The van der Waals surface area contributed by atoms with Gasteiger partial charge in [-0.3, -0.25) is 0 Å². The van der Waals surface area contributed by atoms with Gasteiger partial charge >= 0.3 is 37.1 Å². The summed E-state index contributed by atoms with van der Waals surface area (Å²) < 4.78 is 265. The van der Waals surface area contributed by atoms with Crippen LogP contribution in [0.15, 0.2) is 41.0 Å². The third-order valence-corrected chi connectivity index (χ3v) is 8.71. The van der Waals surface area contributed by atoms with Crippen molar-refractivity contribution in [2.45, 2.75) is 37.1 Å². The summed E-state index contributed by atoms with van der Waals surface area (Å²) in [6.45, 7) is 0. The summed E-state index contributed by atoms with van der Waals surface area (Å²) in [7, 11) is 0. The van der Waals surface area contributed by atoms with Crippen LogP contribution >= 0.6 is 0 Å². The van der Waals surface area contributed by atoms with Gasteiger partial charge in [0.25, 0.3) is 0 Å². The lowest BCUT2D eigenvalue weighted by Crippen LogP contribution is -2.20. The quantitative estimate of drug-likeness (QED) is 0.183. The van der Waals surface area contributed by atoms with Crippen molar-refractivity contribution in [2.75, 3.05) is 0 Å². The first-order valence-corrected chi connectivity index (χ1v) is 15.8. The molecule has 8 nitrogen and oxygen atoms in total. The molecule has 26 heteroatoms. The fourth-order valence-electron chi connectivity index (χ4n) is 6.53. The number of halogens is 18. The van der Waals surface area contributed by atoms with Crippen molar-refractivity contribution in [3.8, 4) is 48.6 Å². The summed E-state index contributed by atoms with van der Waals surface area (Å²) in [5.74, 6) is 0. The van der Waals surface area contributed by atoms with Crippen LogP contribution in [0.3, 0.4) is 0 Å². The first-order valence-electron chi connectivity index (χ1n) is 15.8. The molecule has 322 valence electrons. The molecule has 0 spiro atoms. The summed E-state index contributed by atoms with van der Waals surface area (Å²) in [6.07, 6.45) is -37.8. The lowest BCUT2D eigenvalue weighted by molar-refractivity contribution is -0.145. The van der Waals surface area contributed by atoms with Gasteiger partial charge in [0.2, 0.25) is 0 Å². The average Bonchev–Trinajstić information content (AvgIpc) is 3.87. The van der Waals surface area contributed by atoms with Gasteiger partial charge < -0.3 is 0 Å². The van der Waals surface area contributed by atoms with Crippen LogP contribution in [0.25, 0.3) is 16.7 Å². The average molecular weight is 914 g/mol. The third-order valence-electron chi connectivity index (χ3n) is 8.71. The van der Waals surface area contributed by atoms with Gasteiger partial charge in [0, 0.05) is 33.4 Å². The number of benzene rings is 3. The molecule has 1 aliphatic carbocycles. The summed E-state index contributed by atoms with van der Waals surface area (Å²) in [5, 5.41) is 78.3. The highest BCUT2D eigenvalue weighted by Gasteiger charge is 2.54. The second-order valence-corrected chi connectivity index (χ2v) is 12.2. The largest absolute Gasteiger partial charge is 0.418 e. The fraction of sp³-hybridized carbons (Fsp3) is 0.158. The molecule has 0 aliphatic heterocycles. The number of allylic oxidation sites excluding steroid dienone is 6. The van der Waals surface area contributed by atoms with Crippen molar-refractivity contribution in [3.63, 3.8) is 0 Å². The van der Waals surface area contributed by atoms with E-state index in [0.29, 0.717) is 18.2 Å². The molecule has 0 atom stereocenters. The van der Waals surface area contributed by atoms with Crippen LogP contribution in [0.1, 0.15) is 77.9 Å². The Balaban J connectivity index is 2.73. The highest BCUT2D eigenvalue weighted by Crippen LogP contribution is 2.61. The predicted octanol–water partition coefficient (Wildman–Crippen LogP) is 11.4. The van der Waals surface area contributed by atoms with Crippen LogP contribution in [0.4, 0.5) is 79.0 Å². The van der Waals surface area contributed by atoms with Crippen LogP contribution in [0.5, 0.6) is 0 Å². The van der Waals surface area contributed by atoms with Crippen molar-refractivity contribution in [3.05, 3.63) is 119 Å². The molecule has 4 rings (SSSR count). The van der Waals surface area contributed by atoms with E-state index < -0.39 is 148 Å². The van der Waals surface area contributed by atoms with Gasteiger partial charge in [0.1, 0.15) is 18.2 Å². The lowest BCUT2D eigenvalue weighted by atomic mass is 9.85. The SMILES string of the molecule is N#CC(=C1C(=C(\C#N)c2c(C(F)(F)F)ccc(C#N)c2C(F)(F)F)/C1=C(\C#N)c1c(C(F)(F)F)c(C#N)cc(C#N)c1C(F)(F)F)c1c(C(F)(F)F)c(C#N)cc(C#N)c1C(F)(F)F. The lowest BCUT2D eigenvalue weighted by Gasteiger charge is -2.21. The zero-order valence-electron chi connectivity index (χ0n) is 29.7. The van der Waals surface area contributed by atoms with E-state index in [0.717, 1.165) is 30.3 Å². The minimum atomic E-state index is -6.35. The van der Waals surface area contributed by atoms with Gasteiger partial charge in [-0.15, -0.1) is 0 Å². The van der Waals surface area contributed by atoms with Crippen LogP contribution in [0, 0.1) is 90.6 Å². The first kappa shape index (κ1) is 48.2. The first-order chi connectivity index (χ1) is 29.3. The molecule has 0 radical (unpaired) electrons. The zero-order chi connectivity index (χ0) is 49.0. The van der Waals surface area contributed by atoms with Crippen LogP contribution < -0.4 is 0 Å². The maximum Gasteiger partial charge on any atom is 0.418 e. The summed E-state index contributed by atoms with van der Waals surface area (Å²) in [5.41, 5.74) is -49.0.